The Hall–Kier alpha value is -2.48. The van der Waals surface area contributed by atoms with Crippen LogP contribution < -0.4 is 26.0 Å². The molecule has 0 aliphatic carbocycles. The summed E-state index contributed by atoms with van der Waals surface area (Å²) in [5.74, 6) is -0.389. The zero-order valence-corrected chi connectivity index (χ0v) is 29.6. The van der Waals surface area contributed by atoms with Gasteiger partial charge in [0.25, 0.3) is 0 Å². The van der Waals surface area contributed by atoms with Crippen molar-refractivity contribution in [1.82, 2.24) is 26.0 Å². The number of sulfonamides is 1. The van der Waals surface area contributed by atoms with Crippen molar-refractivity contribution in [1.29, 1.82) is 0 Å². The van der Waals surface area contributed by atoms with Gasteiger partial charge in [0.15, 0.2) is 0 Å². The topological polar surface area (TPSA) is 155 Å². The van der Waals surface area contributed by atoms with Gasteiger partial charge < -0.3 is 26.0 Å². The number of amides is 2. The van der Waals surface area contributed by atoms with Crippen molar-refractivity contribution in [3.8, 4) is 0 Å². The molecule has 0 bridgehead atoms. The zero-order chi connectivity index (χ0) is 32.1. The summed E-state index contributed by atoms with van der Waals surface area (Å²) in [5.41, 5.74) is 0. The average Bonchev–Trinajstić information content (AvgIpc) is 3.06. The van der Waals surface area contributed by atoms with E-state index in [2.05, 4.69) is 26.0 Å². The number of nitrogens with one attached hydrogen (secondary N) is 5. The average molecular weight is 717 g/mol. The minimum Gasteiger partial charge on any atom is -0.465 e. The smallest absolute Gasteiger partial charge is 0.326 e. The van der Waals surface area contributed by atoms with Crippen LogP contribution in [0.2, 0.25) is 0 Å². The number of piperidine rings is 2. The van der Waals surface area contributed by atoms with Crippen LogP contribution in [0.25, 0.3) is 10.8 Å². The summed E-state index contributed by atoms with van der Waals surface area (Å²) in [6.45, 7) is 5.15. The van der Waals surface area contributed by atoms with Crippen molar-refractivity contribution >= 4 is 63.4 Å². The Bertz CT molecular complexity index is 1360. The highest BCUT2D eigenvalue weighted by Gasteiger charge is 2.28. The standard InChI is InChI=1S/C33H49N5O6S.2ClH/c1-2-44-33(41)30(38-45(42,43)29-12-11-26-5-3-4-6-28(26)21-29)22-36-31(39)23-37-32(40)27(9-7-24-13-17-34-18-14-24)10-8-25-15-19-35-20-16-25;;/h3-6,11-12,21,24-25,27,30,34-35,38H,2,7-10,13-20,22-23H2,1H3,(H,36,39)(H,37,40);2*1H/t30-;;/m0../s1. The molecular formula is C33H51Cl2N5O6S. The molecule has 0 aromatic heterocycles. The van der Waals surface area contributed by atoms with Gasteiger partial charge in [-0.25, -0.2) is 8.42 Å². The van der Waals surface area contributed by atoms with Gasteiger partial charge in [-0.3, -0.25) is 14.4 Å². The Kier molecular flexibility index (Phi) is 18.0. The monoisotopic (exact) mass is 715 g/mol. The third kappa shape index (κ3) is 13.2. The number of hydrogen-bond donors (Lipinski definition) is 5. The molecule has 2 fully saturated rings. The van der Waals surface area contributed by atoms with Crippen molar-refractivity contribution in [3.63, 3.8) is 0 Å². The maximum absolute atomic E-state index is 13.3. The van der Waals surface area contributed by atoms with E-state index in [1.54, 1.807) is 19.1 Å². The molecule has 2 aromatic carbocycles. The Morgan fingerprint density at radius 1 is 0.851 bits per heavy atom. The maximum Gasteiger partial charge on any atom is 0.326 e. The first-order chi connectivity index (χ1) is 21.7. The lowest BCUT2D eigenvalue weighted by atomic mass is 9.84. The molecule has 11 nitrogen and oxygen atoms in total. The molecule has 0 unspecified atom stereocenters. The number of carbonyl (C=O) groups excluding carboxylic acids is 3. The fourth-order valence-corrected chi connectivity index (χ4v) is 7.44. The molecule has 14 heteroatoms. The van der Waals surface area contributed by atoms with Gasteiger partial charge in [0.1, 0.15) is 6.04 Å². The summed E-state index contributed by atoms with van der Waals surface area (Å²) < 4.78 is 33.8. The summed E-state index contributed by atoms with van der Waals surface area (Å²) in [4.78, 5) is 38.7. The molecule has 2 aromatic rings. The summed E-state index contributed by atoms with van der Waals surface area (Å²) in [6, 6.07) is 10.7. The van der Waals surface area contributed by atoms with Crippen LogP contribution in [-0.4, -0.2) is 78.1 Å². The second kappa shape index (κ2) is 20.8. The van der Waals surface area contributed by atoms with E-state index in [4.69, 9.17) is 4.74 Å². The minimum atomic E-state index is -4.11. The molecule has 0 saturated carbocycles. The Morgan fingerprint density at radius 2 is 1.43 bits per heavy atom. The van der Waals surface area contributed by atoms with Gasteiger partial charge >= 0.3 is 5.97 Å². The molecule has 4 rings (SSSR count). The van der Waals surface area contributed by atoms with E-state index in [-0.39, 0.29) is 61.2 Å². The lowest BCUT2D eigenvalue weighted by molar-refractivity contribution is -0.145. The molecule has 2 aliphatic heterocycles. The molecule has 264 valence electrons. The predicted octanol–water partition coefficient (Wildman–Crippen LogP) is 3.30. The molecule has 2 aliphatic rings. The SMILES string of the molecule is CCOC(=O)[C@H](CNC(=O)CNC(=O)C(CCC1CCNCC1)CCC1CCNCC1)NS(=O)(=O)c1ccc2ccccc2c1.Cl.Cl. The van der Waals surface area contributed by atoms with E-state index in [1.165, 1.54) is 12.1 Å². The Balaban J connectivity index is 0.00000384. The fourth-order valence-electron chi connectivity index (χ4n) is 6.22. The van der Waals surface area contributed by atoms with Crippen molar-refractivity contribution in [2.45, 2.75) is 69.2 Å². The highest BCUT2D eigenvalue weighted by molar-refractivity contribution is 7.89. The first kappa shape index (κ1) is 40.7. The summed E-state index contributed by atoms with van der Waals surface area (Å²) in [6.07, 6.45) is 8.08. The van der Waals surface area contributed by atoms with Crippen LogP contribution in [0.1, 0.15) is 58.3 Å². The molecule has 5 N–H and O–H groups in total. The van der Waals surface area contributed by atoms with Crippen molar-refractivity contribution in [2.24, 2.45) is 17.8 Å². The molecule has 47 heavy (non-hydrogen) atoms. The van der Waals surface area contributed by atoms with Crippen molar-refractivity contribution in [3.05, 3.63) is 42.5 Å². The number of carbonyl (C=O) groups is 3. The fraction of sp³-hybridized carbons (Fsp3) is 0.606. The van der Waals surface area contributed by atoms with E-state index < -0.39 is 27.9 Å². The van der Waals surface area contributed by atoms with Gasteiger partial charge in [-0.1, -0.05) is 30.3 Å². The third-order valence-corrected chi connectivity index (χ3v) is 10.4. The molecule has 1 atom stereocenters. The van der Waals surface area contributed by atoms with Gasteiger partial charge in [-0.2, -0.15) is 4.72 Å². The van der Waals surface area contributed by atoms with E-state index in [9.17, 15) is 22.8 Å². The molecule has 0 radical (unpaired) electrons. The normalized spacial score (nSPS) is 16.5. The van der Waals surface area contributed by atoms with E-state index >= 15 is 0 Å². The highest BCUT2D eigenvalue weighted by atomic mass is 35.5. The molecular weight excluding hydrogens is 665 g/mol. The van der Waals surface area contributed by atoms with Crippen LogP contribution in [0.3, 0.4) is 0 Å². The van der Waals surface area contributed by atoms with Gasteiger partial charge in [0.2, 0.25) is 21.8 Å². The number of hydrogen-bond acceptors (Lipinski definition) is 8. The molecule has 2 saturated heterocycles. The first-order valence-electron chi connectivity index (χ1n) is 16.4. The number of ether oxygens (including phenoxy) is 1. The predicted molar refractivity (Wildman–Crippen MR) is 188 cm³/mol. The molecule has 2 amide bonds. The number of fused-ring (bicyclic) bond motifs is 1. The lowest BCUT2D eigenvalue weighted by Gasteiger charge is -2.27. The number of esters is 1. The van der Waals surface area contributed by atoms with Crippen LogP contribution in [0.4, 0.5) is 0 Å². The summed E-state index contributed by atoms with van der Waals surface area (Å²) in [5, 5.41) is 13.8. The van der Waals surface area contributed by atoms with E-state index in [1.807, 2.05) is 18.2 Å². The Labute approximate surface area is 291 Å². The number of halogens is 2. The first-order valence-corrected chi connectivity index (χ1v) is 17.9. The van der Waals surface area contributed by atoms with Crippen LogP contribution >= 0.6 is 24.8 Å². The molecule has 2 heterocycles. The van der Waals surface area contributed by atoms with Crippen LogP contribution in [0, 0.1) is 17.8 Å². The van der Waals surface area contributed by atoms with Gasteiger partial charge in [0.05, 0.1) is 18.0 Å². The summed E-state index contributed by atoms with van der Waals surface area (Å²) in [7, 11) is -4.11. The van der Waals surface area contributed by atoms with Gasteiger partial charge in [-0.05, 0) is 119 Å². The maximum atomic E-state index is 13.3. The second-order valence-corrected chi connectivity index (χ2v) is 13.9. The zero-order valence-electron chi connectivity index (χ0n) is 27.1. The minimum absolute atomic E-state index is 0. The Morgan fingerprint density at radius 3 is 2.00 bits per heavy atom. The van der Waals surface area contributed by atoms with Crippen molar-refractivity contribution < 1.29 is 27.5 Å². The van der Waals surface area contributed by atoms with E-state index in [0.717, 1.165) is 88.3 Å². The number of rotatable bonds is 16. The van der Waals surface area contributed by atoms with Crippen molar-refractivity contribution in [2.75, 3.05) is 45.9 Å². The van der Waals surface area contributed by atoms with Gasteiger partial charge in [0, 0.05) is 12.5 Å². The molecule has 0 spiro atoms. The number of benzene rings is 2. The highest BCUT2D eigenvalue weighted by Crippen LogP contribution is 2.27. The van der Waals surface area contributed by atoms with Crippen LogP contribution in [-0.2, 0) is 29.1 Å². The third-order valence-electron chi connectivity index (χ3n) is 8.96. The largest absolute Gasteiger partial charge is 0.465 e. The van der Waals surface area contributed by atoms with Crippen LogP contribution in [0.5, 0.6) is 0 Å². The summed E-state index contributed by atoms with van der Waals surface area (Å²) >= 11 is 0. The van der Waals surface area contributed by atoms with Crippen LogP contribution in [0.15, 0.2) is 47.4 Å². The lowest BCUT2D eigenvalue weighted by Crippen LogP contribution is -2.50. The van der Waals surface area contributed by atoms with Gasteiger partial charge in [-0.15, -0.1) is 24.8 Å². The quantitative estimate of drug-likeness (QED) is 0.166. The second-order valence-electron chi connectivity index (χ2n) is 12.2. The van der Waals surface area contributed by atoms with E-state index in [0.29, 0.717) is 11.8 Å².